The summed E-state index contributed by atoms with van der Waals surface area (Å²) in [7, 11) is 0. The van der Waals surface area contributed by atoms with Crippen LogP contribution in [0.2, 0.25) is 0 Å². The molecule has 0 radical (unpaired) electrons. The zero-order valence-electron chi connectivity index (χ0n) is 11.9. The number of carbonyl (C=O) groups is 1. The van der Waals surface area contributed by atoms with Crippen molar-refractivity contribution in [3.8, 4) is 0 Å². The molecule has 0 aliphatic carbocycles. The number of hydrogen-bond acceptors (Lipinski definition) is 5. The Morgan fingerprint density at radius 2 is 2.19 bits per heavy atom. The van der Waals surface area contributed by atoms with Crippen molar-refractivity contribution in [2.24, 2.45) is 0 Å². The van der Waals surface area contributed by atoms with Gasteiger partial charge in [-0.1, -0.05) is 42.1 Å². The van der Waals surface area contributed by atoms with Crippen molar-refractivity contribution in [2.75, 3.05) is 11.6 Å². The van der Waals surface area contributed by atoms with Gasteiger partial charge in [-0.25, -0.2) is 4.68 Å². The summed E-state index contributed by atoms with van der Waals surface area (Å²) in [6.07, 6.45) is 3.27. The van der Waals surface area contributed by atoms with E-state index in [1.54, 1.807) is 0 Å². The van der Waals surface area contributed by atoms with E-state index >= 15 is 0 Å². The van der Waals surface area contributed by atoms with Gasteiger partial charge in [-0.2, -0.15) is 0 Å². The first-order valence-electron chi connectivity index (χ1n) is 6.76. The highest BCUT2D eigenvalue weighted by Gasteiger charge is 2.10. The Kier molecular flexibility index (Phi) is 5.62. The summed E-state index contributed by atoms with van der Waals surface area (Å²) in [4.78, 5) is 11.8. The second kappa shape index (κ2) is 7.68. The number of amides is 1. The highest BCUT2D eigenvalue weighted by atomic mass is 32.2. The number of thioether (sulfide) groups is 1. The van der Waals surface area contributed by atoms with Crippen molar-refractivity contribution >= 4 is 17.7 Å². The molecule has 0 aliphatic rings. The second-order valence-electron chi connectivity index (χ2n) is 4.80. The first-order valence-corrected chi connectivity index (χ1v) is 7.75. The number of carbonyl (C=O) groups excluding carboxylic acids is 1. The molecule has 0 aliphatic heterocycles. The molecule has 3 N–H and O–H groups in total. The van der Waals surface area contributed by atoms with E-state index in [0.717, 1.165) is 12.8 Å². The summed E-state index contributed by atoms with van der Waals surface area (Å²) in [5, 5.41) is 11.0. The first kappa shape index (κ1) is 15.4. The van der Waals surface area contributed by atoms with Crippen LogP contribution in [0.3, 0.4) is 0 Å². The molecule has 0 bridgehead atoms. The number of nitrogens with one attached hydrogen (secondary N) is 1. The van der Waals surface area contributed by atoms with Gasteiger partial charge in [0.2, 0.25) is 11.1 Å². The maximum atomic E-state index is 11.8. The molecule has 1 atom stereocenters. The van der Waals surface area contributed by atoms with Crippen LogP contribution < -0.4 is 11.2 Å². The molecule has 21 heavy (non-hydrogen) atoms. The molecule has 0 saturated carbocycles. The van der Waals surface area contributed by atoms with Gasteiger partial charge in [0.15, 0.2) is 0 Å². The highest BCUT2D eigenvalue weighted by Crippen LogP contribution is 2.12. The zero-order valence-corrected chi connectivity index (χ0v) is 12.7. The third kappa shape index (κ3) is 5.11. The number of benzene rings is 1. The fourth-order valence-electron chi connectivity index (χ4n) is 1.88. The van der Waals surface area contributed by atoms with Crippen LogP contribution in [-0.4, -0.2) is 32.6 Å². The Labute approximate surface area is 128 Å². The van der Waals surface area contributed by atoms with Gasteiger partial charge in [0, 0.05) is 6.04 Å². The summed E-state index contributed by atoms with van der Waals surface area (Å²) < 4.78 is 1.30. The third-order valence-corrected chi connectivity index (χ3v) is 3.95. The molecule has 1 heterocycles. The van der Waals surface area contributed by atoms with Gasteiger partial charge in [0.05, 0.1) is 5.75 Å². The van der Waals surface area contributed by atoms with Gasteiger partial charge in [-0.3, -0.25) is 4.79 Å². The van der Waals surface area contributed by atoms with Gasteiger partial charge in [-0.15, -0.1) is 10.2 Å². The van der Waals surface area contributed by atoms with Crippen LogP contribution in [-0.2, 0) is 11.2 Å². The molecule has 7 heteroatoms. The van der Waals surface area contributed by atoms with Crippen LogP contribution in [0.1, 0.15) is 18.9 Å². The third-order valence-electron chi connectivity index (χ3n) is 2.99. The lowest BCUT2D eigenvalue weighted by Crippen LogP contribution is -2.34. The molecule has 0 spiro atoms. The van der Waals surface area contributed by atoms with Crippen molar-refractivity contribution < 1.29 is 4.79 Å². The minimum absolute atomic E-state index is 0.0245. The van der Waals surface area contributed by atoms with Gasteiger partial charge in [-0.05, 0) is 25.3 Å². The number of aryl methyl sites for hydroxylation is 1. The molecule has 6 nitrogen and oxygen atoms in total. The van der Waals surface area contributed by atoms with E-state index < -0.39 is 0 Å². The van der Waals surface area contributed by atoms with Crippen molar-refractivity contribution in [3.05, 3.63) is 42.2 Å². The van der Waals surface area contributed by atoms with Crippen molar-refractivity contribution in [2.45, 2.75) is 31.0 Å². The Balaban J connectivity index is 1.68. The predicted octanol–water partition coefficient (Wildman–Crippen LogP) is 1.22. The highest BCUT2D eigenvalue weighted by molar-refractivity contribution is 7.99. The molecule has 1 aromatic heterocycles. The average molecular weight is 305 g/mol. The second-order valence-corrected chi connectivity index (χ2v) is 5.74. The van der Waals surface area contributed by atoms with Gasteiger partial charge in [0.1, 0.15) is 6.33 Å². The van der Waals surface area contributed by atoms with Crippen LogP contribution in [0.4, 0.5) is 0 Å². The molecule has 0 saturated heterocycles. The molecular formula is C14H19N5OS. The number of nitrogen functional groups attached to an aromatic ring is 1. The lowest BCUT2D eigenvalue weighted by Gasteiger charge is -2.13. The van der Waals surface area contributed by atoms with E-state index in [2.05, 4.69) is 27.6 Å². The maximum Gasteiger partial charge on any atom is 0.230 e. The normalized spacial score (nSPS) is 12.0. The molecule has 112 valence electrons. The summed E-state index contributed by atoms with van der Waals surface area (Å²) in [6, 6.07) is 10.4. The van der Waals surface area contributed by atoms with Crippen molar-refractivity contribution in [1.29, 1.82) is 0 Å². The summed E-state index contributed by atoms with van der Waals surface area (Å²) >= 11 is 1.27. The lowest BCUT2D eigenvalue weighted by atomic mass is 10.1. The smallest absolute Gasteiger partial charge is 0.230 e. The topological polar surface area (TPSA) is 85.8 Å². The standard InChI is InChI=1S/C14H19N5OS/c1-11(7-8-12-5-3-2-4-6-12)17-13(20)9-21-14-18-16-10-19(14)15/h2-6,10-11H,7-9,15H2,1H3,(H,17,20)/t11-/m0/s1. The van der Waals surface area contributed by atoms with Crippen LogP contribution in [0.5, 0.6) is 0 Å². The zero-order chi connectivity index (χ0) is 15.1. The van der Waals surface area contributed by atoms with Gasteiger partial charge >= 0.3 is 0 Å². The van der Waals surface area contributed by atoms with E-state index in [9.17, 15) is 4.79 Å². The molecule has 0 fully saturated rings. The number of nitrogens with two attached hydrogens (primary N) is 1. The fourth-order valence-corrected chi connectivity index (χ4v) is 2.53. The summed E-state index contributed by atoms with van der Waals surface area (Å²) in [5.74, 6) is 5.84. The number of aromatic nitrogens is 3. The van der Waals surface area contributed by atoms with E-state index in [-0.39, 0.29) is 17.7 Å². The largest absolute Gasteiger partial charge is 0.353 e. The van der Waals surface area contributed by atoms with Crippen LogP contribution >= 0.6 is 11.8 Å². The number of hydrogen-bond donors (Lipinski definition) is 2. The quantitative estimate of drug-likeness (QED) is 0.593. The first-order chi connectivity index (χ1) is 10.1. The average Bonchev–Trinajstić information content (AvgIpc) is 2.89. The minimum Gasteiger partial charge on any atom is -0.353 e. The Morgan fingerprint density at radius 3 is 2.86 bits per heavy atom. The molecule has 1 amide bonds. The van der Waals surface area contributed by atoms with E-state index in [0.29, 0.717) is 5.16 Å². The molecule has 1 aromatic carbocycles. The SMILES string of the molecule is C[C@@H](CCc1ccccc1)NC(=O)CSc1nncn1N. The summed E-state index contributed by atoms with van der Waals surface area (Å²) in [5.41, 5.74) is 1.28. The summed E-state index contributed by atoms with van der Waals surface area (Å²) in [6.45, 7) is 2.01. The monoisotopic (exact) mass is 305 g/mol. The van der Waals surface area contributed by atoms with Gasteiger partial charge in [0.25, 0.3) is 0 Å². The molecule has 0 unspecified atom stereocenters. The van der Waals surface area contributed by atoms with Crippen molar-refractivity contribution in [3.63, 3.8) is 0 Å². The van der Waals surface area contributed by atoms with E-state index in [1.165, 1.54) is 28.3 Å². The Hall–Kier alpha value is -2.02. The Morgan fingerprint density at radius 1 is 1.43 bits per heavy atom. The van der Waals surface area contributed by atoms with E-state index in [1.807, 2.05) is 25.1 Å². The Bertz CT molecular complexity index is 572. The van der Waals surface area contributed by atoms with Crippen LogP contribution in [0, 0.1) is 0 Å². The fraction of sp³-hybridized carbons (Fsp3) is 0.357. The predicted molar refractivity (Wildman–Crippen MR) is 83.3 cm³/mol. The number of nitrogens with zero attached hydrogens (tertiary/aromatic N) is 3. The lowest BCUT2D eigenvalue weighted by molar-refractivity contribution is -0.119. The maximum absolute atomic E-state index is 11.8. The van der Waals surface area contributed by atoms with Crippen LogP contribution in [0.25, 0.3) is 0 Å². The molecular weight excluding hydrogens is 286 g/mol. The molecule has 2 aromatic rings. The van der Waals surface area contributed by atoms with Gasteiger partial charge < -0.3 is 11.2 Å². The minimum atomic E-state index is -0.0245. The van der Waals surface area contributed by atoms with Crippen molar-refractivity contribution in [1.82, 2.24) is 20.2 Å². The number of rotatable bonds is 7. The van der Waals surface area contributed by atoms with Crippen LogP contribution in [0.15, 0.2) is 41.8 Å². The molecule has 2 rings (SSSR count). The van der Waals surface area contributed by atoms with E-state index in [4.69, 9.17) is 5.84 Å².